The topological polar surface area (TPSA) is 27.3 Å². The van der Waals surface area contributed by atoms with Crippen LogP contribution in [-0.2, 0) is 6.54 Å². The normalized spacial score (nSPS) is 25.1. The molecule has 0 aromatic heterocycles. The highest BCUT2D eigenvalue weighted by Gasteiger charge is 2.23. The first-order valence-electron chi connectivity index (χ1n) is 8.10. The van der Waals surface area contributed by atoms with Gasteiger partial charge in [0.15, 0.2) is 0 Å². The lowest BCUT2D eigenvalue weighted by molar-refractivity contribution is 0.305. The highest BCUT2D eigenvalue weighted by molar-refractivity contribution is 5.14. The lowest BCUT2D eigenvalue weighted by Gasteiger charge is -2.25. The van der Waals surface area contributed by atoms with Gasteiger partial charge in [-0.2, -0.15) is 0 Å². The van der Waals surface area contributed by atoms with Crippen LogP contribution < -0.4 is 10.6 Å². The van der Waals surface area contributed by atoms with Crippen LogP contribution in [0.1, 0.15) is 24.8 Å². The van der Waals surface area contributed by atoms with Crippen LogP contribution in [0, 0.1) is 5.92 Å². The third kappa shape index (κ3) is 4.05. The Morgan fingerprint density at radius 1 is 1.10 bits per heavy atom. The molecule has 1 unspecified atom stereocenters. The fourth-order valence-corrected chi connectivity index (χ4v) is 3.42. The maximum Gasteiger partial charge on any atom is 0.0233 e. The molecule has 110 valence electrons. The van der Waals surface area contributed by atoms with Crippen LogP contribution in [0.5, 0.6) is 0 Å². The van der Waals surface area contributed by atoms with Gasteiger partial charge in [0.25, 0.3) is 0 Å². The van der Waals surface area contributed by atoms with Crippen molar-refractivity contribution in [3.8, 4) is 0 Å². The number of hydrogen-bond acceptors (Lipinski definition) is 3. The quantitative estimate of drug-likeness (QED) is 0.857. The predicted octanol–water partition coefficient (Wildman–Crippen LogP) is 1.85. The standard InChI is InChI=1S/C17H27N3/c1-2-4-15(5-3-1)13-20-11-8-16(14-20)12-19-17-6-9-18-10-7-17/h1-5,16-19H,6-14H2. The molecule has 3 heteroatoms. The molecular weight excluding hydrogens is 246 g/mol. The first-order chi connectivity index (χ1) is 9.90. The Morgan fingerprint density at radius 3 is 2.70 bits per heavy atom. The summed E-state index contributed by atoms with van der Waals surface area (Å²) in [5, 5.41) is 7.21. The fourth-order valence-electron chi connectivity index (χ4n) is 3.42. The Bertz CT molecular complexity index is 386. The van der Waals surface area contributed by atoms with Crippen LogP contribution in [0.15, 0.2) is 30.3 Å². The van der Waals surface area contributed by atoms with Gasteiger partial charge >= 0.3 is 0 Å². The Balaban J connectivity index is 1.38. The van der Waals surface area contributed by atoms with Crippen LogP contribution in [-0.4, -0.2) is 43.7 Å². The molecule has 3 rings (SSSR count). The summed E-state index contributed by atoms with van der Waals surface area (Å²) in [6.07, 6.45) is 3.94. The van der Waals surface area contributed by atoms with Gasteiger partial charge in [0.05, 0.1) is 0 Å². The van der Waals surface area contributed by atoms with Crippen molar-refractivity contribution in [3.63, 3.8) is 0 Å². The van der Waals surface area contributed by atoms with E-state index in [4.69, 9.17) is 0 Å². The van der Waals surface area contributed by atoms with E-state index >= 15 is 0 Å². The van der Waals surface area contributed by atoms with Crippen molar-refractivity contribution >= 4 is 0 Å². The molecule has 1 aromatic carbocycles. The van der Waals surface area contributed by atoms with Gasteiger partial charge in [-0.1, -0.05) is 30.3 Å². The Labute approximate surface area is 122 Å². The third-order valence-corrected chi connectivity index (χ3v) is 4.65. The zero-order valence-electron chi connectivity index (χ0n) is 12.4. The average Bonchev–Trinajstić information content (AvgIpc) is 2.95. The molecule has 2 aliphatic rings. The Hall–Kier alpha value is -0.900. The van der Waals surface area contributed by atoms with E-state index in [-0.39, 0.29) is 0 Å². The second kappa shape index (κ2) is 7.21. The number of likely N-dealkylation sites (tertiary alicyclic amines) is 1. The zero-order valence-corrected chi connectivity index (χ0v) is 12.4. The third-order valence-electron chi connectivity index (χ3n) is 4.65. The van der Waals surface area contributed by atoms with Crippen molar-refractivity contribution in [2.75, 3.05) is 32.7 Å². The minimum atomic E-state index is 0.749. The molecule has 2 heterocycles. The summed E-state index contributed by atoms with van der Waals surface area (Å²) in [5.41, 5.74) is 1.44. The number of rotatable bonds is 5. The van der Waals surface area contributed by atoms with Crippen molar-refractivity contribution in [1.82, 2.24) is 15.5 Å². The van der Waals surface area contributed by atoms with E-state index in [1.54, 1.807) is 0 Å². The minimum absolute atomic E-state index is 0.749. The summed E-state index contributed by atoms with van der Waals surface area (Å²) in [5.74, 6) is 0.841. The molecule has 0 saturated carbocycles. The maximum absolute atomic E-state index is 3.78. The number of nitrogens with one attached hydrogen (secondary N) is 2. The second-order valence-electron chi connectivity index (χ2n) is 6.31. The van der Waals surface area contributed by atoms with Crippen LogP contribution in [0.3, 0.4) is 0 Å². The van der Waals surface area contributed by atoms with Crippen molar-refractivity contribution in [2.24, 2.45) is 5.92 Å². The summed E-state index contributed by atoms with van der Waals surface area (Å²) in [6.45, 7) is 7.20. The molecule has 1 aromatic rings. The summed E-state index contributed by atoms with van der Waals surface area (Å²) in [6, 6.07) is 11.6. The summed E-state index contributed by atoms with van der Waals surface area (Å²) in [4.78, 5) is 2.60. The van der Waals surface area contributed by atoms with Gasteiger partial charge in [0, 0.05) is 19.1 Å². The van der Waals surface area contributed by atoms with Crippen molar-refractivity contribution in [1.29, 1.82) is 0 Å². The van der Waals surface area contributed by atoms with E-state index in [2.05, 4.69) is 45.9 Å². The van der Waals surface area contributed by atoms with E-state index in [1.807, 2.05) is 0 Å². The van der Waals surface area contributed by atoms with Gasteiger partial charge in [0.2, 0.25) is 0 Å². The lowest BCUT2D eigenvalue weighted by atomic mass is 10.0. The van der Waals surface area contributed by atoms with Gasteiger partial charge in [0.1, 0.15) is 0 Å². The van der Waals surface area contributed by atoms with Crippen molar-refractivity contribution in [2.45, 2.75) is 31.8 Å². The molecule has 3 nitrogen and oxygen atoms in total. The van der Waals surface area contributed by atoms with E-state index in [9.17, 15) is 0 Å². The Morgan fingerprint density at radius 2 is 1.90 bits per heavy atom. The van der Waals surface area contributed by atoms with E-state index in [1.165, 1.54) is 57.5 Å². The predicted molar refractivity (Wildman–Crippen MR) is 83.7 cm³/mol. The SMILES string of the molecule is c1ccc(CN2CCC(CNC3CCNCC3)C2)cc1. The van der Waals surface area contributed by atoms with Crippen LogP contribution in [0.4, 0.5) is 0 Å². The van der Waals surface area contributed by atoms with Crippen molar-refractivity contribution < 1.29 is 0 Å². The van der Waals surface area contributed by atoms with Gasteiger partial charge in [-0.25, -0.2) is 0 Å². The van der Waals surface area contributed by atoms with E-state index in [0.29, 0.717) is 0 Å². The number of benzene rings is 1. The molecule has 0 spiro atoms. The van der Waals surface area contributed by atoms with Gasteiger partial charge in [-0.15, -0.1) is 0 Å². The number of hydrogen-bond donors (Lipinski definition) is 2. The molecule has 0 bridgehead atoms. The minimum Gasteiger partial charge on any atom is -0.317 e. The Kier molecular flexibility index (Phi) is 5.06. The first-order valence-corrected chi connectivity index (χ1v) is 8.10. The largest absolute Gasteiger partial charge is 0.317 e. The molecule has 2 fully saturated rings. The van der Waals surface area contributed by atoms with E-state index in [0.717, 1.165) is 18.5 Å². The van der Waals surface area contributed by atoms with Crippen LogP contribution in [0.25, 0.3) is 0 Å². The van der Waals surface area contributed by atoms with Crippen LogP contribution >= 0.6 is 0 Å². The fraction of sp³-hybridized carbons (Fsp3) is 0.647. The molecule has 0 amide bonds. The smallest absolute Gasteiger partial charge is 0.0233 e. The molecule has 2 aliphatic heterocycles. The zero-order chi connectivity index (χ0) is 13.6. The monoisotopic (exact) mass is 273 g/mol. The molecule has 2 N–H and O–H groups in total. The van der Waals surface area contributed by atoms with Crippen LogP contribution in [0.2, 0.25) is 0 Å². The summed E-state index contributed by atoms with van der Waals surface area (Å²) >= 11 is 0. The second-order valence-corrected chi connectivity index (χ2v) is 6.31. The first kappa shape index (κ1) is 14.1. The summed E-state index contributed by atoms with van der Waals surface area (Å²) in [7, 11) is 0. The molecule has 20 heavy (non-hydrogen) atoms. The molecule has 2 saturated heterocycles. The number of piperidine rings is 1. The maximum atomic E-state index is 3.78. The van der Waals surface area contributed by atoms with E-state index < -0.39 is 0 Å². The molecule has 0 radical (unpaired) electrons. The highest BCUT2D eigenvalue weighted by Crippen LogP contribution is 2.18. The van der Waals surface area contributed by atoms with Crippen molar-refractivity contribution in [3.05, 3.63) is 35.9 Å². The molecule has 0 aliphatic carbocycles. The van der Waals surface area contributed by atoms with Gasteiger partial charge in [-0.3, -0.25) is 4.90 Å². The highest BCUT2D eigenvalue weighted by atomic mass is 15.1. The lowest BCUT2D eigenvalue weighted by Crippen LogP contribution is -2.42. The summed E-state index contributed by atoms with van der Waals surface area (Å²) < 4.78 is 0. The molecular formula is C17H27N3. The van der Waals surface area contributed by atoms with Gasteiger partial charge in [-0.05, 0) is 56.9 Å². The average molecular weight is 273 g/mol. The number of nitrogens with zero attached hydrogens (tertiary/aromatic N) is 1. The van der Waals surface area contributed by atoms with Gasteiger partial charge < -0.3 is 10.6 Å². The molecule has 1 atom stereocenters.